The number of nitrogens with zero attached hydrogens (tertiary/aromatic N) is 2. The van der Waals surface area contributed by atoms with Crippen LogP contribution in [0.4, 0.5) is 11.6 Å². The standard InChI is InChI=1S/C14H25N5O/c1-4-6-15-12-8-13(19-10-18-12)16-7-5-14(20)17-9-11(2)3/h8,10-11H,4-7,9H2,1-3H3,(H,17,20)(H2,15,16,18,19). The maximum atomic E-state index is 11.5. The summed E-state index contributed by atoms with van der Waals surface area (Å²) in [6, 6.07) is 1.85. The first-order chi connectivity index (χ1) is 9.61. The zero-order valence-electron chi connectivity index (χ0n) is 12.6. The molecule has 1 rings (SSSR count). The van der Waals surface area contributed by atoms with Crippen LogP contribution in [0.2, 0.25) is 0 Å². The second-order valence-electron chi connectivity index (χ2n) is 5.09. The van der Waals surface area contributed by atoms with E-state index < -0.39 is 0 Å². The topological polar surface area (TPSA) is 78.9 Å². The fourth-order valence-electron chi connectivity index (χ4n) is 1.51. The van der Waals surface area contributed by atoms with Crippen molar-refractivity contribution in [2.45, 2.75) is 33.6 Å². The summed E-state index contributed by atoms with van der Waals surface area (Å²) in [6.07, 6.45) is 3.00. The Morgan fingerprint density at radius 1 is 1.20 bits per heavy atom. The van der Waals surface area contributed by atoms with Gasteiger partial charge >= 0.3 is 0 Å². The van der Waals surface area contributed by atoms with Gasteiger partial charge in [0.25, 0.3) is 0 Å². The van der Waals surface area contributed by atoms with Gasteiger partial charge in [-0.15, -0.1) is 0 Å². The summed E-state index contributed by atoms with van der Waals surface area (Å²) in [6.45, 7) is 8.41. The van der Waals surface area contributed by atoms with E-state index in [2.05, 4.69) is 46.7 Å². The van der Waals surface area contributed by atoms with E-state index in [0.717, 1.165) is 31.1 Å². The highest BCUT2D eigenvalue weighted by atomic mass is 16.1. The number of carbonyl (C=O) groups excluding carboxylic acids is 1. The number of aromatic nitrogens is 2. The minimum absolute atomic E-state index is 0.0598. The van der Waals surface area contributed by atoms with Crippen LogP contribution >= 0.6 is 0 Å². The maximum absolute atomic E-state index is 11.5. The van der Waals surface area contributed by atoms with E-state index in [4.69, 9.17) is 0 Å². The molecule has 0 saturated heterocycles. The first-order valence-corrected chi connectivity index (χ1v) is 7.18. The van der Waals surface area contributed by atoms with Gasteiger partial charge in [-0.25, -0.2) is 9.97 Å². The van der Waals surface area contributed by atoms with Crippen molar-refractivity contribution in [2.24, 2.45) is 5.92 Å². The lowest BCUT2D eigenvalue weighted by Crippen LogP contribution is -2.28. The van der Waals surface area contributed by atoms with Gasteiger partial charge in [0.15, 0.2) is 0 Å². The van der Waals surface area contributed by atoms with Crippen LogP contribution in [0.25, 0.3) is 0 Å². The number of anilines is 2. The van der Waals surface area contributed by atoms with Crippen molar-refractivity contribution in [2.75, 3.05) is 30.3 Å². The SMILES string of the molecule is CCCNc1cc(NCCC(=O)NCC(C)C)ncn1. The molecule has 0 atom stereocenters. The second kappa shape index (κ2) is 9.12. The average Bonchev–Trinajstić information content (AvgIpc) is 2.43. The lowest BCUT2D eigenvalue weighted by molar-refractivity contribution is -0.120. The van der Waals surface area contributed by atoms with Crippen molar-refractivity contribution in [1.29, 1.82) is 0 Å². The van der Waals surface area contributed by atoms with Crippen LogP contribution in [0.15, 0.2) is 12.4 Å². The van der Waals surface area contributed by atoms with Crippen molar-refractivity contribution < 1.29 is 4.79 Å². The Morgan fingerprint density at radius 2 is 1.85 bits per heavy atom. The molecule has 0 fully saturated rings. The van der Waals surface area contributed by atoms with Crippen molar-refractivity contribution in [3.8, 4) is 0 Å². The lowest BCUT2D eigenvalue weighted by Gasteiger charge is -2.09. The second-order valence-corrected chi connectivity index (χ2v) is 5.09. The van der Waals surface area contributed by atoms with Crippen molar-refractivity contribution in [3.63, 3.8) is 0 Å². The fourth-order valence-corrected chi connectivity index (χ4v) is 1.51. The van der Waals surface area contributed by atoms with Gasteiger partial charge in [0.1, 0.15) is 18.0 Å². The summed E-state index contributed by atoms with van der Waals surface area (Å²) in [5.41, 5.74) is 0. The molecule has 0 spiro atoms. The molecule has 6 heteroatoms. The van der Waals surface area contributed by atoms with Gasteiger partial charge < -0.3 is 16.0 Å². The summed E-state index contributed by atoms with van der Waals surface area (Å²) in [5.74, 6) is 2.06. The molecule has 0 saturated carbocycles. The number of carbonyl (C=O) groups is 1. The summed E-state index contributed by atoms with van der Waals surface area (Å²) in [5, 5.41) is 9.21. The summed E-state index contributed by atoms with van der Waals surface area (Å²) in [4.78, 5) is 19.8. The van der Waals surface area contributed by atoms with Gasteiger partial charge in [0, 0.05) is 32.1 Å². The van der Waals surface area contributed by atoms with E-state index in [-0.39, 0.29) is 5.91 Å². The predicted octanol–water partition coefficient (Wildman–Crippen LogP) is 1.87. The van der Waals surface area contributed by atoms with Crippen LogP contribution in [-0.4, -0.2) is 35.5 Å². The van der Waals surface area contributed by atoms with E-state index in [0.29, 0.717) is 18.9 Å². The molecule has 6 nitrogen and oxygen atoms in total. The molecule has 1 amide bonds. The lowest BCUT2D eigenvalue weighted by atomic mass is 10.2. The summed E-state index contributed by atoms with van der Waals surface area (Å²) in [7, 11) is 0. The van der Waals surface area contributed by atoms with E-state index in [1.165, 1.54) is 6.33 Å². The Labute approximate surface area is 120 Å². The van der Waals surface area contributed by atoms with Gasteiger partial charge in [-0.3, -0.25) is 4.79 Å². The third-order valence-electron chi connectivity index (χ3n) is 2.59. The van der Waals surface area contributed by atoms with Gasteiger partial charge in [0.05, 0.1) is 0 Å². The number of amides is 1. The van der Waals surface area contributed by atoms with Gasteiger partial charge in [-0.05, 0) is 12.3 Å². The fraction of sp³-hybridized carbons (Fsp3) is 0.643. The molecule has 1 aromatic heterocycles. The number of hydrogen-bond acceptors (Lipinski definition) is 5. The molecular formula is C14H25N5O. The molecule has 0 radical (unpaired) electrons. The summed E-state index contributed by atoms with van der Waals surface area (Å²) < 4.78 is 0. The van der Waals surface area contributed by atoms with E-state index in [9.17, 15) is 4.79 Å². The Bertz CT molecular complexity index is 408. The highest BCUT2D eigenvalue weighted by Crippen LogP contribution is 2.08. The third kappa shape index (κ3) is 6.92. The van der Waals surface area contributed by atoms with Crippen LogP contribution in [0, 0.1) is 5.92 Å². The van der Waals surface area contributed by atoms with Gasteiger partial charge in [-0.1, -0.05) is 20.8 Å². The number of hydrogen-bond donors (Lipinski definition) is 3. The maximum Gasteiger partial charge on any atom is 0.221 e. The largest absolute Gasteiger partial charge is 0.370 e. The number of nitrogens with one attached hydrogen (secondary N) is 3. The van der Waals surface area contributed by atoms with Crippen molar-refractivity contribution >= 4 is 17.5 Å². The highest BCUT2D eigenvalue weighted by molar-refractivity contribution is 5.76. The molecule has 3 N–H and O–H groups in total. The Hall–Kier alpha value is -1.85. The molecular weight excluding hydrogens is 254 g/mol. The third-order valence-corrected chi connectivity index (χ3v) is 2.59. The van der Waals surface area contributed by atoms with Crippen molar-refractivity contribution in [3.05, 3.63) is 12.4 Å². The van der Waals surface area contributed by atoms with Crippen LogP contribution in [0.1, 0.15) is 33.6 Å². The monoisotopic (exact) mass is 279 g/mol. The highest BCUT2D eigenvalue weighted by Gasteiger charge is 2.03. The minimum atomic E-state index is 0.0598. The Kier molecular flexibility index (Phi) is 7.39. The molecule has 112 valence electrons. The van der Waals surface area contributed by atoms with Crippen LogP contribution in [-0.2, 0) is 4.79 Å². The molecule has 0 aliphatic carbocycles. The first kappa shape index (κ1) is 16.2. The molecule has 0 aromatic carbocycles. The Morgan fingerprint density at radius 3 is 2.45 bits per heavy atom. The van der Waals surface area contributed by atoms with Crippen LogP contribution < -0.4 is 16.0 Å². The average molecular weight is 279 g/mol. The first-order valence-electron chi connectivity index (χ1n) is 7.18. The molecule has 20 heavy (non-hydrogen) atoms. The van der Waals surface area contributed by atoms with Crippen LogP contribution in [0.5, 0.6) is 0 Å². The van der Waals surface area contributed by atoms with E-state index >= 15 is 0 Å². The molecule has 0 aliphatic rings. The molecule has 0 bridgehead atoms. The molecule has 0 unspecified atom stereocenters. The van der Waals surface area contributed by atoms with Gasteiger partial charge in [0.2, 0.25) is 5.91 Å². The molecule has 1 aromatic rings. The summed E-state index contributed by atoms with van der Waals surface area (Å²) >= 11 is 0. The van der Waals surface area contributed by atoms with Crippen LogP contribution in [0.3, 0.4) is 0 Å². The molecule has 0 aliphatic heterocycles. The van der Waals surface area contributed by atoms with E-state index in [1.54, 1.807) is 0 Å². The normalized spacial score (nSPS) is 10.4. The number of rotatable bonds is 9. The molecule has 1 heterocycles. The smallest absolute Gasteiger partial charge is 0.221 e. The van der Waals surface area contributed by atoms with Gasteiger partial charge in [-0.2, -0.15) is 0 Å². The minimum Gasteiger partial charge on any atom is -0.370 e. The van der Waals surface area contributed by atoms with Crippen molar-refractivity contribution in [1.82, 2.24) is 15.3 Å². The zero-order valence-corrected chi connectivity index (χ0v) is 12.6. The van der Waals surface area contributed by atoms with E-state index in [1.807, 2.05) is 6.07 Å². The zero-order chi connectivity index (χ0) is 14.8. The quantitative estimate of drug-likeness (QED) is 0.643. The predicted molar refractivity (Wildman–Crippen MR) is 81.8 cm³/mol. The Balaban J connectivity index is 2.29.